The first-order valence-electron chi connectivity index (χ1n) is 3.50. The molecule has 0 aliphatic carbocycles. The van der Waals surface area contributed by atoms with Crippen LogP contribution < -0.4 is 0 Å². The summed E-state index contributed by atoms with van der Waals surface area (Å²) in [7, 11) is 0. The van der Waals surface area contributed by atoms with E-state index in [9.17, 15) is 4.79 Å². The lowest BCUT2D eigenvalue weighted by molar-refractivity contribution is 0.112. The van der Waals surface area contributed by atoms with E-state index in [4.69, 9.17) is 9.52 Å². The van der Waals surface area contributed by atoms with Crippen LogP contribution in [0.4, 0.5) is 0 Å². The molecule has 11 heavy (non-hydrogen) atoms. The van der Waals surface area contributed by atoms with Crippen LogP contribution in [0.25, 0.3) is 0 Å². The van der Waals surface area contributed by atoms with E-state index in [1.807, 2.05) is 0 Å². The van der Waals surface area contributed by atoms with Crippen LogP contribution in [0.1, 0.15) is 22.5 Å². The maximum absolute atomic E-state index is 10.2. The minimum absolute atomic E-state index is 0.150. The van der Waals surface area contributed by atoms with Crippen LogP contribution in [0.2, 0.25) is 0 Å². The van der Waals surface area contributed by atoms with Gasteiger partial charge in [0.1, 0.15) is 12.0 Å². The average Bonchev–Trinajstić information content (AvgIpc) is 2.48. The molecule has 0 saturated heterocycles. The lowest BCUT2D eigenvalue weighted by atomic mass is 10.2. The number of carbonyl (C=O) groups is 1. The monoisotopic (exact) mass is 154 g/mol. The van der Waals surface area contributed by atoms with Gasteiger partial charge in [0.25, 0.3) is 0 Å². The highest BCUT2D eigenvalue weighted by molar-refractivity contribution is 5.74. The summed E-state index contributed by atoms with van der Waals surface area (Å²) in [6.07, 6.45) is 3.52. The molecule has 0 fully saturated rings. The van der Waals surface area contributed by atoms with Gasteiger partial charge >= 0.3 is 0 Å². The lowest BCUT2D eigenvalue weighted by Crippen LogP contribution is -1.86. The van der Waals surface area contributed by atoms with Crippen LogP contribution in [0, 0.1) is 0 Å². The Morgan fingerprint density at radius 2 is 2.45 bits per heavy atom. The molecule has 0 atom stereocenters. The predicted molar refractivity (Wildman–Crippen MR) is 39.5 cm³/mol. The number of aliphatic hydroxyl groups is 1. The molecule has 3 nitrogen and oxygen atoms in total. The number of hydrogen-bond donors (Lipinski definition) is 1. The molecule has 1 aromatic heterocycles. The van der Waals surface area contributed by atoms with Crippen molar-refractivity contribution in [1.29, 1.82) is 0 Å². The molecule has 1 rings (SSSR count). The second-order valence-corrected chi connectivity index (χ2v) is 2.29. The fourth-order valence-electron chi connectivity index (χ4n) is 0.844. The molecule has 0 spiro atoms. The van der Waals surface area contributed by atoms with Crippen molar-refractivity contribution in [2.45, 2.75) is 12.8 Å². The van der Waals surface area contributed by atoms with Gasteiger partial charge in [0.15, 0.2) is 6.29 Å². The Bertz CT molecular complexity index is 227. The number of furan rings is 1. The fourth-order valence-corrected chi connectivity index (χ4v) is 0.844. The fraction of sp³-hybridized carbons (Fsp3) is 0.375. The number of hydrogen-bond acceptors (Lipinski definition) is 3. The standard InChI is InChI=1S/C8H10O3/c9-3-1-2-8-4-7(5-10)6-11-8/h4-6,9H,1-3H2. The van der Waals surface area contributed by atoms with Crippen LogP contribution in [-0.4, -0.2) is 18.0 Å². The molecule has 0 aromatic carbocycles. The Labute approximate surface area is 64.6 Å². The van der Waals surface area contributed by atoms with Gasteiger partial charge in [-0.2, -0.15) is 0 Å². The van der Waals surface area contributed by atoms with Crippen molar-refractivity contribution in [3.63, 3.8) is 0 Å². The van der Waals surface area contributed by atoms with Crippen molar-refractivity contribution in [2.24, 2.45) is 0 Å². The van der Waals surface area contributed by atoms with Crippen LogP contribution >= 0.6 is 0 Å². The summed E-state index contributed by atoms with van der Waals surface area (Å²) in [6, 6.07) is 1.68. The normalized spacial score (nSPS) is 9.91. The van der Waals surface area contributed by atoms with Crippen molar-refractivity contribution < 1.29 is 14.3 Å². The van der Waals surface area contributed by atoms with Gasteiger partial charge in [-0.15, -0.1) is 0 Å². The summed E-state index contributed by atoms with van der Waals surface area (Å²) in [5.74, 6) is 0.751. The van der Waals surface area contributed by atoms with Crippen molar-refractivity contribution in [1.82, 2.24) is 0 Å². The van der Waals surface area contributed by atoms with Crippen LogP contribution in [-0.2, 0) is 6.42 Å². The molecule has 3 heteroatoms. The molecule has 60 valence electrons. The number of aldehydes is 1. The summed E-state index contributed by atoms with van der Waals surface area (Å²) >= 11 is 0. The third-order valence-electron chi connectivity index (χ3n) is 1.39. The summed E-state index contributed by atoms with van der Waals surface area (Å²) < 4.78 is 5.02. The maximum Gasteiger partial charge on any atom is 0.153 e. The summed E-state index contributed by atoms with van der Waals surface area (Å²) in [4.78, 5) is 10.2. The van der Waals surface area contributed by atoms with E-state index < -0.39 is 0 Å². The van der Waals surface area contributed by atoms with Gasteiger partial charge in [0, 0.05) is 13.0 Å². The first-order chi connectivity index (χ1) is 5.36. The molecular formula is C8H10O3. The molecule has 1 aromatic rings. The third kappa shape index (κ3) is 2.20. The first-order valence-corrected chi connectivity index (χ1v) is 3.50. The van der Waals surface area contributed by atoms with E-state index in [-0.39, 0.29) is 6.61 Å². The van der Waals surface area contributed by atoms with Gasteiger partial charge in [0.05, 0.1) is 5.56 Å². The lowest BCUT2D eigenvalue weighted by Gasteiger charge is -1.89. The Kier molecular flexibility index (Phi) is 2.86. The highest BCUT2D eigenvalue weighted by atomic mass is 16.3. The van der Waals surface area contributed by atoms with E-state index in [1.54, 1.807) is 6.07 Å². The quantitative estimate of drug-likeness (QED) is 0.658. The third-order valence-corrected chi connectivity index (χ3v) is 1.39. The molecule has 0 bridgehead atoms. The zero-order valence-corrected chi connectivity index (χ0v) is 6.12. The Morgan fingerprint density at radius 1 is 1.64 bits per heavy atom. The van der Waals surface area contributed by atoms with Gasteiger partial charge in [-0.3, -0.25) is 4.79 Å². The molecule has 0 unspecified atom stereocenters. The molecular weight excluding hydrogens is 144 g/mol. The van der Waals surface area contributed by atoms with E-state index in [2.05, 4.69) is 0 Å². The highest BCUT2D eigenvalue weighted by Gasteiger charge is 1.99. The highest BCUT2D eigenvalue weighted by Crippen LogP contribution is 2.07. The van der Waals surface area contributed by atoms with Crippen molar-refractivity contribution >= 4 is 6.29 Å². The van der Waals surface area contributed by atoms with E-state index >= 15 is 0 Å². The van der Waals surface area contributed by atoms with E-state index in [0.717, 1.165) is 12.0 Å². The molecule has 0 aliphatic heterocycles. The van der Waals surface area contributed by atoms with Gasteiger partial charge in [-0.05, 0) is 12.5 Å². The van der Waals surface area contributed by atoms with Crippen molar-refractivity contribution in [2.75, 3.05) is 6.61 Å². The number of carbonyl (C=O) groups excluding carboxylic acids is 1. The van der Waals surface area contributed by atoms with E-state index in [0.29, 0.717) is 18.4 Å². The molecule has 0 aliphatic rings. The zero-order valence-electron chi connectivity index (χ0n) is 6.12. The van der Waals surface area contributed by atoms with Crippen LogP contribution in [0.15, 0.2) is 16.7 Å². The first kappa shape index (κ1) is 8.01. The topological polar surface area (TPSA) is 50.4 Å². The summed E-state index contributed by atoms with van der Waals surface area (Å²) in [5.41, 5.74) is 0.554. The van der Waals surface area contributed by atoms with Crippen LogP contribution in [0.3, 0.4) is 0 Å². The largest absolute Gasteiger partial charge is 0.469 e. The second kappa shape index (κ2) is 3.93. The minimum Gasteiger partial charge on any atom is -0.469 e. The molecule has 1 N–H and O–H groups in total. The maximum atomic E-state index is 10.2. The molecule has 0 radical (unpaired) electrons. The molecule has 0 amide bonds. The SMILES string of the molecule is O=Cc1coc(CCCO)c1. The number of aryl methyl sites for hydroxylation is 1. The van der Waals surface area contributed by atoms with Gasteiger partial charge < -0.3 is 9.52 Å². The Hall–Kier alpha value is -1.09. The summed E-state index contributed by atoms with van der Waals surface area (Å²) in [5, 5.41) is 8.48. The van der Waals surface area contributed by atoms with Crippen LogP contribution in [0.5, 0.6) is 0 Å². The number of aliphatic hydroxyl groups excluding tert-OH is 1. The Balaban J connectivity index is 2.51. The molecule has 0 saturated carbocycles. The predicted octanol–water partition coefficient (Wildman–Crippen LogP) is 1.02. The van der Waals surface area contributed by atoms with E-state index in [1.165, 1.54) is 6.26 Å². The zero-order chi connectivity index (χ0) is 8.10. The van der Waals surface area contributed by atoms with Gasteiger partial charge in [-0.25, -0.2) is 0 Å². The average molecular weight is 154 g/mol. The van der Waals surface area contributed by atoms with Gasteiger partial charge in [0.2, 0.25) is 0 Å². The van der Waals surface area contributed by atoms with Crippen molar-refractivity contribution in [3.05, 3.63) is 23.7 Å². The second-order valence-electron chi connectivity index (χ2n) is 2.29. The minimum atomic E-state index is 0.150. The van der Waals surface area contributed by atoms with Gasteiger partial charge in [-0.1, -0.05) is 0 Å². The summed E-state index contributed by atoms with van der Waals surface area (Å²) in [6.45, 7) is 0.150. The molecule has 1 heterocycles. The van der Waals surface area contributed by atoms with Crippen molar-refractivity contribution in [3.8, 4) is 0 Å². The number of rotatable bonds is 4. The smallest absolute Gasteiger partial charge is 0.153 e. The Morgan fingerprint density at radius 3 is 3.00 bits per heavy atom.